The Bertz CT molecular complexity index is 2750. The van der Waals surface area contributed by atoms with Crippen molar-refractivity contribution in [2.75, 3.05) is 0 Å². The molecule has 0 fully saturated rings. The summed E-state index contributed by atoms with van der Waals surface area (Å²) in [6, 6.07) is 59.1. The Hall–Kier alpha value is -6.88. The minimum absolute atomic E-state index is 0.570. The van der Waals surface area contributed by atoms with Crippen LogP contribution in [0.25, 0.3) is 77.2 Å². The van der Waals surface area contributed by atoms with Crippen LogP contribution in [0.1, 0.15) is 11.1 Å². The third-order valence-corrected chi connectivity index (χ3v) is 9.34. The largest absolute Gasteiger partial charge is 0.309 e. The molecule has 2 heterocycles. The van der Waals surface area contributed by atoms with Crippen LogP contribution in [0.3, 0.4) is 0 Å². The highest BCUT2D eigenvalue weighted by atomic mass is 15.0. The molecule has 7 aromatic carbocycles. The van der Waals surface area contributed by atoms with Gasteiger partial charge < -0.3 is 9.13 Å². The molecule has 2 aromatic heterocycles. The molecule has 0 aliphatic heterocycles. The molecule has 0 N–H and O–H groups in total. The van der Waals surface area contributed by atoms with E-state index in [9.17, 15) is 10.5 Å². The number of hydrogen-bond donors (Lipinski definition) is 0. The number of fused-ring (bicyclic) bond motifs is 6. The topological polar surface area (TPSA) is 57.4 Å². The fourth-order valence-electron chi connectivity index (χ4n) is 7.24. The number of benzene rings is 7. The second-order valence-electron chi connectivity index (χ2n) is 12.0. The Labute approximate surface area is 277 Å². The van der Waals surface area contributed by atoms with E-state index in [1.807, 2.05) is 48.5 Å². The number of aromatic nitrogens is 2. The average molecular weight is 611 g/mol. The molecule has 0 atom stereocenters. The number of rotatable bonds is 4. The van der Waals surface area contributed by atoms with Gasteiger partial charge in [0.05, 0.1) is 51.0 Å². The second-order valence-corrected chi connectivity index (χ2v) is 12.0. The van der Waals surface area contributed by atoms with Gasteiger partial charge >= 0.3 is 0 Å². The molecule has 0 aliphatic carbocycles. The molecular formula is C44H26N4. The fourth-order valence-corrected chi connectivity index (χ4v) is 7.24. The van der Waals surface area contributed by atoms with Gasteiger partial charge in [-0.05, 0) is 83.4 Å². The Morgan fingerprint density at radius 3 is 1.62 bits per heavy atom. The first-order valence-corrected chi connectivity index (χ1v) is 15.9. The van der Waals surface area contributed by atoms with Gasteiger partial charge in [-0.2, -0.15) is 10.5 Å². The zero-order valence-electron chi connectivity index (χ0n) is 25.8. The summed E-state index contributed by atoms with van der Waals surface area (Å²) in [6.45, 7) is 0. The SMILES string of the molecule is N#Cc1cc(-c2cc(-c3ccccc3)ccc2-n2c3ccccc3c3ccccc32)cc(-n2c3ccccc3c3cc(C#N)ccc32)c1. The molecule has 9 rings (SSSR count). The number of hydrogen-bond acceptors (Lipinski definition) is 2. The minimum Gasteiger partial charge on any atom is -0.309 e. The van der Waals surface area contributed by atoms with E-state index in [2.05, 4.69) is 130 Å². The molecule has 0 saturated heterocycles. The summed E-state index contributed by atoms with van der Waals surface area (Å²) in [5.41, 5.74) is 11.5. The van der Waals surface area contributed by atoms with Crippen molar-refractivity contribution < 1.29 is 0 Å². The monoisotopic (exact) mass is 610 g/mol. The van der Waals surface area contributed by atoms with Crippen molar-refractivity contribution in [1.29, 1.82) is 10.5 Å². The first-order valence-electron chi connectivity index (χ1n) is 15.9. The molecule has 0 unspecified atom stereocenters. The van der Waals surface area contributed by atoms with Crippen molar-refractivity contribution in [1.82, 2.24) is 9.13 Å². The van der Waals surface area contributed by atoms with Crippen LogP contribution in [0.2, 0.25) is 0 Å². The number of para-hydroxylation sites is 3. The third-order valence-electron chi connectivity index (χ3n) is 9.34. The third kappa shape index (κ3) is 4.22. The summed E-state index contributed by atoms with van der Waals surface area (Å²) in [4.78, 5) is 0. The van der Waals surface area contributed by atoms with Gasteiger partial charge in [-0.15, -0.1) is 0 Å². The maximum Gasteiger partial charge on any atom is 0.0992 e. The summed E-state index contributed by atoms with van der Waals surface area (Å²) in [7, 11) is 0. The molecule has 4 nitrogen and oxygen atoms in total. The lowest BCUT2D eigenvalue weighted by Crippen LogP contribution is -2.00. The zero-order chi connectivity index (χ0) is 32.2. The lowest BCUT2D eigenvalue weighted by molar-refractivity contribution is 1.17. The van der Waals surface area contributed by atoms with Gasteiger partial charge in [-0.1, -0.05) is 91.0 Å². The molecule has 4 heteroatoms. The summed E-state index contributed by atoms with van der Waals surface area (Å²) in [5.74, 6) is 0. The highest BCUT2D eigenvalue weighted by Gasteiger charge is 2.19. The first-order chi connectivity index (χ1) is 23.7. The van der Waals surface area contributed by atoms with E-state index in [1.165, 1.54) is 10.8 Å². The molecule has 0 amide bonds. The highest BCUT2D eigenvalue weighted by molar-refractivity contribution is 6.11. The predicted octanol–water partition coefficient (Wildman–Crippen LogP) is 11.0. The summed E-state index contributed by atoms with van der Waals surface area (Å²) in [6.07, 6.45) is 0. The van der Waals surface area contributed by atoms with Crippen LogP contribution in [0.15, 0.2) is 158 Å². The van der Waals surface area contributed by atoms with Crippen molar-refractivity contribution in [3.63, 3.8) is 0 Å². The van der Waals surface area contributed by atoms with Gasteiger partial charge in [0, 0.05) is 32.8 Å². The maximum absolute atomic E-state index is 10.4. The normalized spacial score (nSPS) is 11.3. The van der Waals surface area contributed by atoms with Crippen molar-refractivity contribution in [3.8, 4) is 45.8 Å². The molecule has 0 saturated carbocycles. The van der Waals surface area contributed by atoms with E-state index < -0.39 is 0 Å². The molecule has 0 radical (unpaired) electrons. The Balaban J connectivity index is 1.37. The highest BCUT2D eigenvalue weighted by Crippen LogP contribution is 2.40. The van der Waals surface area contributed by atoms with Gasteiger partial charge in [-0.3, -0.25) is 0 Å². The van der Waals surface area contributed by atoms with Gasteiger partial charge in [0.25, 0.3) is 0 Å². The molecule has 0 bridgehead atoms. The van der Waals surface area contributed by atoms with Gasteiger partial charge in [-0.25, -0.2) is 0 Å². The van der Waals surface area contributed by atoms with E-state index in [0.29, 0.717) is 11.1 Å². The quantitative estimate of drug-likeness (QED) is 0.199. The van der Waals surface area contributed by atoms with E-state index in [0.717, 1.165) is 66.5 Å². The van der Waals surface area contributed by atoms with Crippen LogP contribution in [0.4, 0.5) is 0 Å². The molecular weight excluding hydrogens is 585 g/mol. The maximum atomic E-state index is 10.4. The van der Waals surface area contributed by atoms with Crippen LogP contribution >= 0.6 is 0 Å². The smallest absolute Gasteiger partial charge is 0.0992 e. The zero-order valence-corrected chi connectivity index (χ0v) is 25.8. The lowest BCUT2D eigenvalue weighted by atomic mass is 9.95. The van der Waals surface area contributed by atoms with Gasteiger partial charge in [0.15, 0.2) is 0 Å². The molecule has 0 spiro atoms. The van der Waals surface area contributed by atoms with E-state index >= 15 is 0 Å². The fraction of sp³-hybridized carbons (Fsp3) is 0. The van der Waals surface area contributed by atoms with Gasteiger partial charge in [0.1, 0.15) is 0 Å². The molecule has 48 heavy (non-hydrogen) atoms. The number of nitrogens with zero attached hydrogens (tertiary/aromatic N) is 4. The average Bonchev–Trinajstić information content (AvgIpc) is 3.67. The molecule has 222 valence electrons. The Kier molecular flexibility index (Phi) is 6.22. The first kappa shape index (κ1) is 27.4. The molecule has 9 aromatic rings. The van der Waals surface area contributed by atoms with E-state index in [4.69, 9.17) is 0 Å². The van der Waals surface area contributed by atoms with E-state index in [1.54, 1.807) is 0 Å². The van der Waals surface area contributed by atoms with E-state index in [-0.39, 0.29) is 0 Å². The van der Waals surface area contributed by atoms with Crippen molar-refractivity contribution in [2.24, 2.45) is 0 Å². The van der Waals surface area contributed by atoms with Crippen LogP contribution in [-0.2, 0) is 0 Å². The summed E-state index contributed by atoms with van der Waals surface area (Å²) < 4.78 is 4.55. The molecule has 0 aliphatic rings. The van der Waals surface area contributed by atoms with Crippen molar-refractivity contribution >= 4 is 43.6 Å². The summed E-state index contributed by atoms with van der Waals surface area (Å²) >= 11 is 0. The van der Waals surface area contributed by atoms with Crippen LogP contribution < -0.4 is 0 Å². The number of nitriles is 2. The second kappa shape index (κ2) is 10.9. The van der Waals surface area contributed by atoms with Gasteiger partial charge in [0.2, 0.25) is 0 Å². The van der Waals surface area contributed by atoms with Crippen LogP contribution in [0, 0.1) is 22.7 Å². The Morgan fingerprint density at radius 2 is 0.958 bits per heavy atom. The van der Waals surface area contributed by atoms with Crippen molar-refractivity contribution in [3.05, 3.63) is 169 Å². The van der Waals surface area contributed by atoms with Crippen LogP contribution in [0.5, 0.6) is 0 Å². The van der Waals surface area contributed by atoms with Crippen molar-refractivity contribution in [2.45, 2.75) is 0 Å². The summed E-state index contributed by atoms with van der Waals surface area (Å²) in [5, 5.41) is 24.5. The Morgan fingerprint density at radius 1 is 0.375 bits per heavy atom. The predicted molar refractivity (Wildman–Crippen MR) is 195 cm³/mol. The minimum atomic E-state index is 0.570. The van der Waals surface area contributed by atoms with Crippen LogP contribution in [-0.4, -0.2) is 9.13 Å². The standard InChI is InChI=1S/C44H26N4/c45-27-29-18-20-44-39(24-29)37-14-6-7-15-40(37)47(44)34-23-30(28-46)22-33(25-34)38-26-32(31-10-2-1-3-11-31)19-21-43(38)48-41-16-8-4-12-35(41)36-13-5-9-17-42(36)48/h1-26H. The lowest BCUT2D eigenvalue weighted by Gasteiger charge is -2.18.